The van der Waals surface area contributed by atoms with E-state index >= 15 is 0 Å². The van der Waals surface area contributed by atoms with Crippen LogP contribution < -0.4 is 5.32 Å². The van der Waals surface area contributed by atoms with Crippen molar-refractivity contribution in [2.75, 3.05) is 5.32 Å². The molecule has 0 unspecified atom stereocenters. The summed E-state index contributed by atoms with van der Waals surface area (Å²) in [6.07, 6.45) is 5.17. The quantitative estimate of drug-likeness (QED) is 0.855. The fraction of sp³-hybridized carbons (Fsp3) is 0.294. The number of amides is 1. The smallest absolute Gasteiger partial charge is 0.371 e. The Bertz CT molecular complexity index is 702. The first-order valence-corrected chi connectivity index (χ1v) is 8.41. The minimum absolute atomic E-state index is 0.0215. The van der Waals surface area contributed by atoms with Crippen LogP contribution in [0.3, 0.4) is 0 Å². The van der Waals surface area contributed by atoms with Crippen LogP contribution in [-0.2, 0) is 0 Å². The van der Waals surface area contributed by atoms with Crippen LogP contribution in [0.2, 0.25) is 0 Å². The third-order valence-corrected chi connectivity index (χ3v) is 5.11. The zero-order valence-electron chi connectivity index (χ0n) is 12.5. The number of carbonyl (C=O) groups excluding carboxylic acids is 1. The average Bonchev–Trinajstić information content (AvgIpc) is 3.20. The minimum atomic E-state index is -1.20. The average molecular weight is 331 g/mol. The van der Waals surface area contributed by atoms with Crippen LogP contribution in [0.5, 0.6) is 0 Å². The summed E-state index contributed by atoms with van der Waals surface area (Å²) in [5.74, 6) is -1.93. The lowest BCUT2D eigenvalue weighted by molar-refractivity contribution is 0.0660. The maximum atomic E-state index is 12.0. The molecule has 23 heavy (non-hydrogen) atoms. The van der Waals surface area contributed by atoms with Crippen LogP contribution in [0, 0.1) is 0 Å². The molecule has 0 atom stereocenters. The highest BCUT2D eigenvalue weighted by atomic mass is 32.2. The lowest BCUT2D eigenvalue weighted by Crippen LogP contribution is -2.10. The second kappa shape index (κ2) is 6.91. The number of furan rings is 1. The van der Waals surface area contributed by atoms with Gasteiger partial charge in [-0.15, -0.1) is 11.8 Å². The molecular formula is C17H17NO4S. The van der Waals surface area contributed by atoms with Crippen LogP contribution in [0.15, 0.2) is 45.7 Å². The Morgan fingerprint density at radius 3 is 2.30 bits per heavy atom. The van der Waals surface area contributed by atoms with Gasteiger partial charge in [-0.3, -0.25) is 4.79 Å². The number of carboxylic acids is 1. The standard InChI is InChI=1S/C17H17NO4S/c19-16(14-9-10-15(22-14)17(20)21)18-11-5-7-13(8-6-11)23-12-3-1-2-4-12/h5-10,12H,1-4H2,(H,18,19)(H,20,21). The maximum Gasteiger partial charge on any atom is 0.371 e. The number of rotatable bonds is 5. The Balaban J connectivity index is 1.60. The molecule has 1 saturated carbocycles. The van der Waals surface area contributed by atoms with Gasteiger partial charge in [-0.25, -0.2) is 4.79 Å². The lowest BCUT2D eigenvalue weighted by Gasteiger charge is -2.09. The molecule has 0 saturated heterocycles. The monoisotopic (exact) mass is 331 g/mol. The zero-order valence-corrected chi connectivity index (χ0v) is 13.3. The molecule has 5 nitrogen and oxygen atoms in total. The summed E-state index contributed by atoms with van der Waals surface area (Å²) < 4.78 is 4.98. The van der Waals surface area contributed by atoms with Gasteiger partial charge >= 0.3 is 5.97 Å². The van der Waals surface area contributed by atoms with Gasteiger partial charge in [0.15, 0.2) is 5.76 Å². The van der Waals surface area contributed by atoms with Gasteiger partial charge in [-0.05, 0) is 49.2 Å². The molecule has 1 aliphatic rings. The maximum absolute atomic E-state index is 12.0. The third-order valence-electron chi connectivity index (χ3n) is 3.76. The van der Waals surface area contributed by atoms with E-state index in [1.807, 2.05) is 36.0 Å². The van der Waals surface area contributed by atoms with Crippen molar-refractivity contribution in [2.45, 2.75) is 35.8 Å². The Hall–Kier alpha value is -2.21. The van der Waals surface area contributed by atoms with Gasteiger partial charge < -0.3 is 14.8 Å². The lowest BCUT2D eigenvalue weighted by atomic mass is 10.3. The van der Waals surface area contributed by atoms with E-state index < -0.39 is 11.9 Å². The molecule has 120 valence electrons. The number of nitrogens with one attached hydrogen (secondary N) is 1. The number of benzene rings is 1. The van der Waals surface area contributed by atoms with Crippen molar-refractivity contribution in [3.05, 3.63) is 47.9 Å². The summed E-state index contributed by atoms with van der Waals surface area (Å²) in [5.41, 5.74) is 0.652. The normalized spacial score (nSPS) is 14.8. The van der Waals surface area contributed by atoms with Crippen molar-refractivity contribution in [1.29, 1.82) is 0 Å². The Morgan fingerprint density at radius 2 is 1.70 bits per heavy atom. The second-order valence-electron chi connectivity index (χ2n) is 5.47. The number of anilines is 1. The van der Waals surface area contributed by atoms with Gasteiger partial charge in [-0.2, -0.15) is 0 Å². The molecule has 2 aromatic rings. The first kappa shape index (κ1) is 15.7. The van der Waals surface area contributed by atoms with E-state index in [1.54, 1.807) is 0 Å². The molecule has 1 fully saturated rings. The SMILES string of the molecule is O=C(O)c1ccc(C(=O)Nc2ccc(SC3CCCC3)cc2)o1. The predicted octanol–water partition coefficient (Wildman–Crippen LogP) is 4.26. The fourth-order valence-electron chi connectivity index (χ4n) is 2.58. The number of hydrogen-bond acceptors (Lipinski definition) is 4. The largest absolute Gasteiger partial charge is 0.475 e. The Labute approximate surface area is 138 Å². The van der Waals surface area contributed by atoms with E-state index in [0.29, 0.717) is 10.9 Å². The van der Waals surface area contributed by atoms with Crippen molar-refractivity contribution in [2.24, 2.45) is 0 Å². The third kappa shape index (κ3) is 3.96. The summed E-state index contributed by atoms with van der Waals surface area (Å²) in [6, 6.07) is 10.3. The van der Waals surface area contributed by atoms with E-state index in [1.165, 1.54) is 42.7 Å². The number of carbonyl (C=O) groups is 2. The summed E-state index contributed by atoms with van der Waals surface area (Å²) >= 11 is 1.89. The summed E-state index contributed by atoms with van der Waals surface area (Å²) in [5, 5.41) is 12.2. The molecule has 1 amide bonds. The molecule has 0 spiro atoms. The van der Waals surface area contributed by atoms with Crippen LogP contribution in [-0.4, -0.2) is 22.2 Å². The van der Waals surface area contributed by atoms with Crippen molar-refractivity contribution >= 4 is 29.3 Å². The van der Waals surface area contributed by atoms with Gasteiger partial charge in [0.1, 0.15) is 0 Å². The van der Waals surface area contributed by atoms with Gasteiger partial charge in [-0.1, -0.05) is 12.8 Å². The number of hydrogen-bond donors (Lipinski definition) is 2. The van der Waals surface area contributed by atoms with Crippen molar-refractivity contribution in [3.63, 3.8) is 0 Å². The van der Waals surface area contributed by atoms with Crippen LogP contribution in [0.25, 0.3) is 0 Å². The van der Waals surface area contributed by atoms with E-state index in [9.17, 15) is 9.59 Å². The van der Waals surface area contributed by atoms with E-state index in [0.717, 1.165) is 0 Å². The Kier molecular flexibility index (Phi) is 4.71. The number of carboxylic acid groups (broad SMARTS) is 1. The summed E-state index contributed by atoms with van der Waals surface area (Å²) in [6.45, 7) is 0. The van der Waals surface area contributed by atoms with Crippen molar-refractivity contribution in [3.8, 4) is 0 Å². The predicted molar refractivity (Wildman–Crippen MR) is 88.2 cm³/mol. The van der Waals surface area contributed by atoms with E-state index in [-0.39, 0.29) is 11.5 Å². The van der Waals surface area contributed by atoms with Crippen LogP contribution in [0.1, 0.15) is 46.8 Å². The highest BCUT2D eigenvalue weighted by molar-refractivity contribution is 8.00. The van der Waals surface area contributed by atoms with Gasteiger partial charge in [0.05, 0.1) is 0 Å². The molecule has 1 aromatic heterocycles. The summed E-state index contributed by atoms with van der Waals surface area (Å²) in [7, 11) is 0. The molecular weight excluding hydrogens is 314 g/mol. The molecule has 0 bridgehead atoms. The number of thioether (sulfide) groups is 1. The molecule has 1 aromatic carbocycles. The minimum Gasteiger partial charge on any atom is -0.475 e. The highest BCUT2D eigenvalue weighted by Crippen LogP contribution is 2.34. The zero-order chi connectivity index (χ0) is 16.2. The van der Waals surface area contributed by atoms with E-state index in [4.69, 9.17) is 9.52 Å². The van der Waals surface area contributed by atoms with Crippen molar-refractivity contribution < 1.29 is 19.1 Å². The fourth-order valence-corrected chi connectivity index (χ4v) is 3.83. The first-order chi connectivity index (χ1) is 11.1. The first-order valence-electron chi connectivity index (χ1n) is 7.53. The molecule has 0 aliphatic heterocycles. The summed E-state index contributed by atoms with van der Waals surface area (Å²) in [4.78, 5) is 24.0. The molecule has 6 heteroatoms. The molecule has 0 radical (unpaired) electrons. The second-order valence-corrected chi connectivity index (χ2v) is 6.85. The van der Waals surface area contributed by atoms with Crippen molar-refractivity contribution in [1.82, 2.24) is 0 Å². The van der Waals surface area contributed by atoms with Crippen LogP contribution in [0.4, 0.5) is 5.69 Å². The Morgan fingerprint density at radius 1 is 1.04 bits per heavy atom. The van der Waals surface area contributed by atoms with Crippen LogP contribution >= 0.6 is 11.8 Å². The molecule has 3 rings (SSSR count). The molecule has 2 N–H and O–H groups in total. The van der Waals surface area contributed by atoms with Gasteiger partial charge in [0, 0.05) is 15.8 Å². The topological polar surface area (TPSA) is 79.5 Å². The van der Waals surface area contributed by atoms with E-state index in [2.05, 4.69) is 5.32 Å². The molecule has 1 aliphatic carbocycles. The highest BCUT2D eigenvalue weighted by Gasteiger charge is 2.17. The van der Waals surface area contributed by atoms with Gasteiger partial charge in [0.25, 0.3) is 5.91 Å². The van der Waals surface area contributed by atoms with Gasteiger partial charge in [0.2, 0.25) is 5.76 Å². The number of aromatic carboxylic acids is 1. The molecule has 1 heterocycles.